The van der Waals surface area contributed by atoms with E-state index in [1.165, 1.54) is 6.38 Å². The van der Waals surface area contributed by atoms with Crippen LogP contribution in [0.4, 0.5) is 4.79 Å². The predicted octanol–water partition coefficient (Wildman–Crippen LogP) is 13.4. The summed E-state index contributed by atoms with van der Waals surface area (Å²) in [5.41, 5.74) is 5.26. The van der Waals surface area contributed by atoms with Crippen molar-refractivity contribution in [1.82, 2.24) is 5.32 Å². The largest absolute Gasteiger partial charge is 0.449 e. The lowest BCUT2D eigenvalue weighted by Gasteiger charge is -2.38. The van der Waals surface area contributed by atoms with E-state index in [2.05, 4.69) is 61.4 Å². The fourth-order valence-corrected chi connectivity index (χ4v) is 6.62. The zero-order chi connectivity index (χ0) is 43.9. The molecule has 1 aliphatic rings. The summed E-state index contributed by atoms with van der Waals surface area (Å²) in [4.78, 5) is 26.8. The molecular weight excluding hydrogens is 742 g/mol. The zero-order valence-electron chi connectivity index (χ0n) is 36.8. The number of carbonyl (C=O) groups is 2. The second kappa shape index (κ2) is 25.5. The third-order valence-corrected chi connectivity index (χ3v) is 9.72. The Morgan fingerprint density at radius 1 is 0.828 bits per heavy atom. The van der Waals surface area contributed by atoms with Crippen molar-refractivity contribution in [3.8, 4) is 0 Å². The summed E-state index contributed by atoms with van der Waals surface area (Å²) in [5.74, 6) is -0.404. The smallest absolute Gasteiger partial charge is 0.407 e. The summed E-state index contributed by atoms with van der Waals surface area (Å²) in [6, 6.07) is 26.0. The van der Waals surface area contributed by atoms with E-state index in [0.29, 0.717) is 31.6 Å². The Balaban J connectivity index is 0.00000267. The SMILES string of the molecule is C=C.C=CC1=C(/C=C\C)C(COC(=O)NCCC(C)(C)OCCC(C)(C)C(=O)OC(C(=C)C)(c2ccccc2)c2ccc(/C=C/C)cc2)c2ccccc21.CC.CCl. The van der Waals surface area contributed by atoms with Gasteiger partial charge >= 0.3 is 12.1 Å². The number of hydrogen-bond acceptors (Lipinski definition) is 5. The van der Waals surface area contributed by atoms with Gasteiger partial charge in [0.25, 0.3) is 0 Å². The lowest BCUT2D eigenvalue weighted by atomic mass is 9.80. The molecule has 0 heterocycles. The highest BCUT2D eigenvalue weighted by molar-refractivity contribution is 6.15. The van der Waals surface area contributed by atoms with Crippen molar-refractivity contribution in [2.24, 2.45) is 5.41 Å². The van der Waals surface area contributed by atoms with Crippen LogP contribution in [0, 0.1) is 5.41 Å². The van der Waals surface area contributed by atoms with Crippen molar-refractivity contribution in [3.63, 3.8) is 0 Å². The molecule has 314 valence electrons. The van der Waals surface area contributed by atoms with Crippen molar-refractivity contribution < 1.29 is 23.8 Å². The zero-order valence-corrected chi connectivity index (χ0v) is 37.5. The first-order valence-corrected chi connectivity index (χ1v) is 20.7. The first-order valence-electron chi connectivity index (χ1n) is 20.0. The van der Waals surface area contributed by atoms with Gasteiger partial charge in [0, 0.05) is 36.6 Å². The number of alkyl halides is 1. The van der Waals surface area contributed by atoms with E-state index in [4.69, 9.17) is 14.2 Å². The maximum Gasteiger partial charge on any atom is 0.407 e. The molecule has 0 aliphatic heterocycles. The number of esters is 1. The van der Waals surface area contributed by atoms with Gasteiger partial charge in [-0.25, -0.2) is 4.79 Å². The van der Waals surface area contributed by atoms with E-state index >= 15 is 0 Å². The topological polar surface area (TPSA) is 73.9 Å². The quantitative estimate of drug-likeness (QED) is 0.0835. The van der Waals surface area contributed by atoms with Gasteiger partial charge in [-0.1, -0.05) is 136 Å². The Morgan fingerprint density at radius 3 is 1.97 bits per heavy atom. The fourth-order valence-electron chi connectivity index (χ4n) is 6.62. The van der Waals surface area contributed by atoms with Crippen LogP contribution in [0.25, 0.3) is 11.6 Å². The average molecular weight is 811 g/mol. The molecule has 2 unspecified atom stereocenters. The van der Waals surface area contributed by atoms with Gasteiger partial charge in [0.2, 0.25) is 0 Å². The number of hydrogen-bond donors (Lipinski definition) is 1. The predicted molar refractivity (Wildman–Crippen MR) is 247 cm³/mol. The van der Waals surface area contributed by atoms with E-state index < -0.39 is 22.7 Å². The van der Waals surface area contributed by atoms with E-state index in [-0.39, 0.29) is 18.5 Å². The lowest BCUT2D eigenvalue weighted by molar-refractivity contribution is -0.166. The van der Waals surface area contributed by atoms with Gasteiger partial charge in [0.05, 0.1) is 11.0 Å². The molecule has 1 aliphatic carbocycles. The number of carbonyl (C=O) groups excluding carboxylic acids is 2. The molecule has 0 saturated heterocycles. The highest BCUT2D eigenvalue weighted by Crippen LogP contribution is 2.44. The number of halogens is 1. The molecule has 0 saturated carbocycles. The number of alkyl carbamates (subject to hydrolysis) is 1. The van der Waals surface area contributed by atoms with Crippen molar-refractivity contribution in [2.75, 3.05) is 26.1 Å². The minimum atomic E-state index is -1.16. The van der Waals surface area contributed by atoms with Gasteiger partial charge in [-0.3, -0.25) is 4.79 Å². The monoisotopic (exact) mass is 809 g/mol. The van der Waals surface area contributed by atoms with E-state index in [0.717, 1.165) is 39.0 Å². The van der Waals surface area contributed by atoms with Gasteiger partial charge in [0.15, 0.2) is 5.60 Å². The summed E-state index contributed by atoms with van der Waals surface area (Å²) >= 11 is 4.64. The number of rotatable bonds is 17. The highest BCUT2D eigenvalue weighted by atomic mass is 35.5. The molecule has 3 aromatic rings. The fraction of sp³-hybridized carbons (Fsp3) is 0.373. The maximum absolute atomic E-state index is 14.0. The summed E-state index contributed by atoms with van der Waals surface area (Å²) in [6.45, 7) is 32.8. The molecule has 58 heavy (non-hydrogen) atoms. The summed E-state index contributed by atoms with van der Waals surface area (Å²) in [6.07, 6.45) is 11.9. The molecule has 7 heteroatoms. The van der Waals surface area contributed by atoms with Crippen LogP contribution >= 0.6 is 11.6 Å². The Bertz CT molecular complexity index is 1840. The van der Waals surface area contributed by atoms with Crippen LogP contribution in [0.5, 0.6) is 0 Å². The first kappa shape index (κ1) is 51.1. The van der Waals surface area contributed by atoms with Crippen molar-refractivity contribution in [1.29, 1.82) is 0 Å². The first-order chi connectivity index (χ1) is 27.8. The van der Waals surface area contributed by atoms with E-state index in [1.807, 2.05) is 153 Å². The molecular formula is C51H68ClNO5. The van der Waals surface area contributed by atoms with Crippen LogP contribution in [0.1, 0.15) is 109 Å². The molecule has 3 aromatic carbocycles. The number of amides is 1. The van der Waals surface area contributed by atoms with Crippen molar-refractivity contribution in [2.45, 2.75) is 92.3 Å². The Kier molecular flexibility index (Phi) is 22.4. The average Bonchev–Trinajstić information content (AvgIpc) is 3.53. The molecule has 0 radical (unpaired) electrons. The number of allylic oxidation sites excluding steroid dienone is 5. The molecule has 2 atom stereocenters. The van der Waals surface area contributed by atoms with Gasteiger partial charge < -0.3 is 19.5 Å². The van der Waals surface area contributed by atoms with E-state index in [1.54, 1.807) is 0 Å². The third-order valence-electron chi connectivity index (χ3n) is 9.72. The Labute approximate surface area is 355 Å². The lowest BCUT2D eigenvalue weighted by Crippen LogP contribution is -2.40. The minimum Gasteiger partial charge on any atom is -0.449 e. The summed E-state index contributed by atoms with van der Waals surface area (Å²) in [7, 11) is 0. The molecule has 4 rings (SSSR count). The second-order valence-electron chi connectivity index (χ2n) is 14.6. The van der Waals surface area contributed by atoms with Gasteiger partial charge in [-0.15, -0.1) is 24.8 Å². The van der Waals surface area contributed by atoms with E-state index in [9.17, 15) is 9.59 Å². The highest BCUT2D eigenvalue weighted by Gasteiger charge is 2.43. The van der Waals surface area contributed by atoms with Crippen molar-refractivity contribution >= 4 is 35.3 Å². The molecule has 0 aromatic heterocycles. The van der Waals surface area contributed by atoms with Gasteiger partial charge in [-0.05, 0) is 94.7 Å². The maximum atomic E-state index is 14.0. The molecule has 0 fully saturated rings. The van der Waals surface area contributed by atoms with Crippen LogP contribution in [0.3, 0.4) is 0 Å². The number of ether oxygens (including phenoxy) is 3. The van der Waals surface area contributed by atoms with Gasteiger partial charge in [0.1, 0.15) is 6.61 Å². The van der Waals surface area contributed by atoms with Crippen LogP contribution < -0.4 is 5.32 Å². The number of benzene rings is 3. The van der Waals surface area contributed by atoms with Crippen molar-refractivity contribution in [3.05, 3.63) is 168 Å². The minimum absolute atomic E-state index is 0.0574. The number of fused-ring (bicyclic) bond motifs is 1. The molecule has 1 N–H and O–H groups in total. The van der Waals surface area contributed by atoms with Crippen LogP contribution in [0.15, 0.2) is 141 Å². The standard InChI is InChI=1S/C46H55NO5.C2H6.C2H4.CH3Cl/c1-10-18-34-24-26-36(27-25-34)46(33(4)5,35-20-14-13-15-21-35)52-42(48)44(6,7)29-31-51-45(8,9)28-30-47-43(49)50-32-41-38(19-11-2)37(12-3)39-22-16-17-23-40(39)41;3*1-2/h10-27,41H,3-4,28-32H2,1-2,5-9H3,(H,47,49);1-2H3;1-2H2;1H3/b18-10+,19-11-;;;. The molecule has 6 nitrogen and oxygen atoms in total. The molecule has 0 bridgehead atoms. The summed E-state index contributed by atoms with van der Waals surface area (Å²) in [5, 5.41) is 2.88. The van der Waals surface area contributed by atoms with Crippen LogP contribution in [-0.4, -0.2) is 43.8 Å². The number of nitrogens with one attached hydrogen (secondary N) is 1. The summed E-state index contributed by atoms with van der Waals surface area (Å²) < 4.78 is 18.5. The third kappa shape index (κ3) is 13.6. The van der Waals surface area contributed by atoms with Crippen LogP contribution in [0.2, 0.25) is 0 Å². The Morgan fingerprint density at radius 2 is 1.40 bits per heavy atom. The second-order valence-corrected chi connectivity index (χ2v) is 14.6. The van der Waals surface area contributed by atoms with Gasteiger partial charge in [-0.2, -0.15) is 0 Å². The molecule has 1 amide bonds. The normalized spacial score (nSPS) is 14.4. The Hall–Kier alpha value is -4.91. The van der Waals surface area contributed by atoms with Crippen LogP contribution in [-0.2, 0) is 24.6 Å². The molecule has 0 spiro atoms.